The molecule has 1 atom stereocenters. The molecule has 1 aliphatic carbocycles. The first-order chi connectivity index (χ1) is 7.88. The molecule has 1 aromatic carbocycles. The van der Waals surface area contributed by atoms with Crippen molar-refractivity contribution in [3.63, 3.8) is 0 Å². The molecule has 1 aromatic rings. The van der Waals surface area contributed by atoms with Crippen molar-refractivity contribution in [2.75, 3.05) is 6.54 Å². The predicted molar refractivity (Wildman–Crippen MR) is 65.0 cm³/mol. The summed E-state index contributed by atoms with van der Waals surface area (Å²) in [5, 5.41) is 3.40. The first-order valence-corrected chi connectivity index (χ1v) is 5.82. The highest BCUT2D eigenvalue weighted by atomic mass is 16.1. The Morgan fingerprint density at radius 3 is 2.81 bits per heavy atom. The molecule has 0 bridgehead atoms. The summed E-state index contributed by atoms with van der Waals surface area (Å²) in [6.07, 6.45) is 6.10. The molecule has 0 saturated heterocycles. The molecule has 2 rings (SSSR count). The highest BCUT2D eigenvalue weighted by molar-refractivity contribution is 5.58. The van der Waals surface area contributed by atoms with Crippen molar-refractivity contribution in [2.24, 2.45) is 5.92 Å². The van der Waals surface area contributed by atoms with Crippen LogP contribution in [0, 0.1) is 5.92 Å². The van der Waals surface area contributed by atoms with Crippen LogP contribution in [0.2, 0.25) is 0 Å². The Morgan fingerprint density at radius 2 is 2.12 bits per heavy atom. The average Bonchev–Trinajstić information content (AvgIpc) is 2.78. The molecule has 0 aliphatic heterocycles. The van der Waals surface area contributed by atoms with Gasteiger partial charge in [0.25, 0.3) is 0 Å². The molecule has 1 aliphatic rings. The fourth-order valence-electron chi connectivity index (χ4n) is 2.01. The Morgan fingerprint density at radius 1 is 1.31 bits per heavy atom. The van der Waals surface area contributed by atoms with Gasteiger partial charge in [0.15, 0.2) is 0 Å². The fraction of sp³-hybridized carbons (Fsp3) is 0.357. The predicted octanol–water partition coefficient (Wildman–Crippen LogP) is 2.31. The van der Waals surface area contributed by atoms with Gasteiger partial charge in [0.05, 0.1) is 0 Å². The summed E-state index contributed by atoms with van der Waals surface area (Å²) >= 11 is 0. The molecular weight excluding hydrogens is 198 g/mol. The molecule has 0 amide bonds. The van der Waals surface area contributed by atoms with Crippen molar-refractivity contribution in [3.8, 4) is 0 Å². The smallest absolute Gasteiger partial charge is 0.126 e. The Kier molecular flexibility index (Phi) is 3.76. The van der Waals surface area contributed by atoms with Crippen molar-refractivity contribution in [2.45, 2.75) is 19.3 Å². The third kappa shape index (κ3) is 2.96. The van der Waals surface area contributed by atoms with Crippen LogP contribution in [0.25, 0.3) is 0 Å². The van der Waals surface area contributed by atoms with Gasteiger partial charge in [-0.15, -0.1) is 0 Å². The van der Waals surface area contributed by atoms with Gasteiger partial charge in [0, 0.05) is 18.2 Å². The van der Waals surface area contributed by atoms with Crippen molar-refractivity contribution < 1.29 is 4.79 Å². The molecule has 1 N–H and O–H groups in total. The number of hydrogen-bond acceptors (Lipinski definition) is 2. The minimum Gasteiger partial charge on any atom is -0.388 e. The normalized spacial score (nSPS) is 19.2. The molecule has 0 heterocycles. The topological polar surface area (TPSA) is 29.1 Å². The number of aldehydes is 1. The molecule has 16 heavy (non-hydrogen) atoms. The van der Waals surface area contributed by atoms with Crippen LogP contribution in [-0.4, -0.2) is 12.8 Å². The number of benzene rings is 1. The van der Waals surface area contributed by atoms with Gasteiger partial charge in [-0.3, -0.25) is 0 Å². The first kappa shape index (κ1) is 10.9. The van der Waals surface area contributed by atoms with Crippen LogP contribution < -0.4 is 5.32 Å². The second-order valence-corrected chi connectivity index (χ2v) is 4.19. The van der Waals surface area contributed by atoms with E-state index in [4.69, 9.17) is 0 Å². The Labute approximate surface area is 96.4 Å². The van der Waals surface area contributed by atoms with E-state index >= 15 is 0 Å². The summed E-state index contributed by atoms with van der Waals surface area (Å²) in [5.41, 5.74) is 2.58. The highest BCUT2D eigenvalue weighted by Crippen LogP contribution is 2.20. The van der Waals surface area contributed by atoms with Crippen LogP contribution >= 0.6 is 0 Å². The Hall–Kier alpha value is -1.57. The lowest BCUT2D eigenvalue weighted by Crippen LogP contribution is -2.15. The minimum atomic E-state index is 0.138. The quantitative estimate of drug-likeness (QED) is 0.764. The van der Waals surface area contributed by atoms with Gasteiger partial charge in [-0.2, -0.15) is 0 Å². The van der Waals surface area contributed by atoms with Gasteiger partial charge in [-0.05, 0) is 24.8 Å². The fourth-order valence-corrected chi connectivity index (χ4v) is 2.01. The van der Waals surface area contributed by atoms with Gasteiger partial charge in [0.1, 0.15) is 6.29 Å². The second kappa shape index (κ2) is 5.50. The molecular formula is C14H17NO. The number of carbonyl (C=O) groups excluding carboxylic acids is 1. The summed E-state index contributed by atoms with van der Waals surface area (Å²) in [5.74, 6) is 0.138. The van der Waals surface area contributed by atoms with E-state index in [0.717, 1.165) is 32.1 Å². The standard InChI is InChI=1S/C14H17NO/c16-11-13-6-7-14(10-13)15-9-8-12-4-2-1-3-5-12/h1-5,10-11,13,15H,6-9H2. The number of allylic oxidation sites excluding steroid dienone is 2. The maximum atomic E-state index is 10.6. The summed E-state index contributed by atoms with van der Waals surface area (Å²) in [4.78, 5) is 10.6. The van der Waals surface area contributed by atoms with Gasteiger partial charge >= 0.3 is 0 Å². The molecule has 0 aromatic heterocycles. The maximum Gasteiger partial charge on any atom is 0.126 e. The molecule has 2 nitrogen and oxygen atoms in total. The molecule has 84 valence electrons. The number of nitrogens with one attached hydrogen (secondary N) is 1. The van der Waals surface area contributed by atoms with Crippen LogP contribution in [0.15, 0.2) is 42.1 Å². The van der Waals surface area contributed by atoms with Crippen molar-refractivity contribution in [1.29, 1.82) is 0 Å². The average molecular weight is 215 g/mol. The summed E-state index contributed by atoms with van der Waals surface area (Å²) < 4.78 is 0. The van der Waals surface area contributed by atoms with E-state index < -0.39 is 0 Å². The number of rotatable bonds is 5. The van der Waals surface area contributed by atoms with E-state index in [0.29, 0.717) is 0 Å². The van der Waals surface area contributed by atoms with E-state index in [1.807, 2.05) is 6.07 Å². The Bertz CT molecular complexity index is 370. The van der Waals surface area contributed by atoms with Crippen molar-refractivity contribution >= 4 is 6.29 Å². The monoisotopic (exact) mass is 215 g/mol. The molecule has 0 saturated carbocycles. The summed E-state index contributed by atoms with van der Waals surface area (Å²) in [6, 6.07) is 10.4. The zero-order chi connectivity index (χ0) is 11.2. The van der Waals surface area contributed by atoms with E-state index in [2.05, 4.69) is 35.7 Å². The Balaban J connectivity index is 1.75. The van der Waals surface area contributed by atoms with E-state index in [1.165, 1.54) is 11.3 Å². The third-order valence-corrected chi connectivity index (χ3v) is 2.95. The van der Waals surface area contributed by atoms with Gasteiger partial charge in [-0.25, -0.2) is 0 Å². The lowest BCUT2D eigenvalue weighted by molar-refractivity contribution is -0.109. The molecule has 0 radical (unpaired) electrons. The molecule has 0 spiro atoms. The SMILES string of the molecule is O=CC1C=C(NCCc2ccccc2)CC1. The lowest BCUT2D eigenvalue weighted by Gasteiger charge is -2.06. The molecule has 0 fully saturated rings. The lowest BCUT2D eigenvalue weighted by atomic mass is 10.1. The highest BCUT2D eigenvalue weighted by Gasteiger charge is 2.13. The van der Waals surface area contributed by atoms with Gasteiger partial charge in [0.2, 0.25) is 0 Å². The molecule has 2 heteroatoms. The van der Waals surface area contributed by atoms with E-state index in [9.17, 15) is 4.79 Å². The first-order valence-electron chi connectivity index (χ1n) is 5.82. The van der Waals surface area contributed by atoms with E-state index in [1.54, 1.807) is 0 Å². The second-order valence-electron chi connectivity index (χ2n) is 4.19. The van der Waals surface area contributed by atoms with Crippen LogP contribution in [-0.2, 0) is 11.2 Å². The van der Waals surface area contributed by atoms with Crippen LogP contribution in [0.5, 0.6) is 0 Å². The number of carbonyl (C=O) groups is 1. The minimum absolute atomic E-state index is 0.138. The maximum absolute atomic E-state index is 10.6. The third-order valence-electron chi connectivity index (χ3n) is 2.95. The molecule has 1 unspecified atom stereocenters. The van der Waals surface area contributed by atoms with Gasteiger partial charge < -0.3 is 10.1 Å². The largest absolute Gasteiger partial charge is 0.388 e. The van der Waals surface area contributed by atoms with Crippen LogP contribution in [0.3, 0.4) is 0 Å². The van der Waals surface area contributed by atoms with Crippen LogP contribution in [0.1, 0.15) is 18.4 Å². The zero-order valence-corrected chi connectivity index (χ0v) is 9.36. The zero-order valence-electron chi connectivity index (χ0n) is 9.36. The summed E-state index contributed by atoms with van der Waals surface area (Å²) in [7, 11) is 0. The van der Waals surface area contributed by atoms with Crippen LogP contribution in [0.4, 0.5) is 0 Å². The van der Waals surface area contributed by atoms with E-state index in [-0.39, 0.29) is 5.92 Å². The van der Waals surface area contributed by atoms with Gasteiger partial charge in [-0.1, -0.05) is 36.4 Å². The van der Waals surface area contributed by atoms with Crippen molar-refractivity contribution in [1.82, 2.24) is 5.32 Å². The van der Waals surface area contributed by atoms with Crippen molar-refractivity contribution in [3.05, 3.63) is 47.7 Å². The number of hydrogen-bond donors (Lipinski definition) is 1. The summed E-state index contributed by atoms with van der Waals surface area (Å²) in [6.45, 7) is 0.946.